The van der Waals surface area contributed by atoms with Crippen LogP contribution in [-0.4, -0.2) is 43.2 Å². The van der Waals surface area contributed by atoms with Crippen LogP contribution in [0.1, 0.15) is 18.5 Å². The summed E-state index contributed by atoms with van der Waals surface area (Å²) in [5.41, 5.74) is 0.917. The number of aromatic nitrogens is 1. The third-order valence-electron chi connectivity index (χ3n) is 4.75. The summed E-state index contributed by atoms with van der Waals surface area (Å²) in [7, 11) is -3.80. The van der Waals surface area contributed by atoms with Crippen LogP contribution in [0.15, 0.2) is 47.5 Å². The first-order valence-corrected chi connectivity index (χ1v) is 11.2. The first kappa shape index (κ1) is 21.0. The van der Waals surface area contributed by atoms with Crippen LogP contribution in [0, 0.1) is 5.92 Å². The van der Waals surface area contributed by atoms with E-state index in [0.717, 1.165) is 5.69 Å². The van der Waals surface area contributed by atoms with E-state index in [0.29, 0.717) is 25.8 Å². The van der Waals surface area contributed by atoms with Crippen molar-refractivity contribution >= 4 is 39.1 Å². The number of rotatable bonds is 6. The second kappa shape index (κ2) is 9.22. The predicted molar refractivity (Wildman–Crippen MR) is 109 cm³/mol. The molecule has 1 fully saturated rings. The Kier molecular flexibility index (Phi) is 6.93. The number of nitrogens with one attached hydrogen (secondary N) is 1. The molecule has 9 heteroatoms. The molecule has 0 spiro atoms. The Morgan fingerprint density at radius 2 is 1.79 bits per heavy atom. The minimum Gasteiger partial charge on any atom is -0.355 e. The molecule has 150 valence electrons. The van der Waals surface area contributed by atoms with E-state index in [1.807, 2.05) is 18.2 Å². The third kappa shape index (κ3) is 4.84. The molecule has 1 aromatic carbocycles. The zero-order valence-electron chi connectivity index (χ0n) is 15.1. The summed E-state index contributed by atoms with van der Waals surface area (Å²) in [6.45, 7) is 1.01. The Bertz CT molecular complexity index is 910. The summed E-state index contributed by atoms with van der Waals surface area (Å²) >= 11 is 12.1. The molecule has 3 rings (SSSR count). The van der Waals surface area contributed by atoms with Crippen LogP contribution in [0.25, 0.3) is 0 Å². The Labute approximate surface area is 174 Å². The van der Waals surface area contributed by atoms with Crippen molar-refractivity contribution in [3.8, 4) is 0 Å². The van der Waals surface area contributed by atoms with E-state index in [1.165, 1.54) is 16.4 Å². The molecule has 1 saturated heterocycles. The predicted octanol–water partition coefficient (Wildman–Crippen LogP) is 3.15. The highest BCUT2D eigenvalue weighted by molar-refractivity contribution is 7.89. The summed E-state index contributed by atoms with van der Waals surface area (Å²) in [6, 6.07) is 10.3. The van der Waals surface area contributed by atoms with Crippen LogP contribution in [0.5, 0.6) is 0 Å². The molecule has 0 saturated carbocycles. The highest BCUT2D eigenvalue weighted by Crippen LogP contribution is 2.33. The number of amides is 1. The number of hydrogen-bond acceptors (Lipinski definition) is 4. The van der Waals surface area contributed by atoms with E-state index in [4.69, 9.17) is 23.2 Å². The van der Waals surface area contributed by atoms with Crippen molar-refractivity contribution in [2.24, 2.45) is 5.92 Å². The van der Waals surface area contributed by atoms with Gasteiger partial charge in [0.2, 0.25) is 15.9 Å². The quantitative estimate of drug-likeness (QED) is 0.746. The maximum Gasteiger partial charge on any atom is 0.246 e. The highest BCUT2D eigenvalue weighted by atomic mass is 35.5. The standard InChI is InChI=1S/C19H21Cl2N3O3S/c20-16-5-3-6-17(21)18(16)28(26,27)24-12-8-14(9-13-24)19(25)23-11-7-15-4-1-2-10-22-15/h1-6,10,14H,7-9,11-13H2,(H,23,25). The van der Waals surface area contributed by atoms with Gasteiger partial charge in [-0.15, -0.1) is 0 Å². The minimum atomic E-state index is -3.80. The molecular formula is C19H21Cl2N3O3S. The lowest BCUT2D eigenvalue weighted by Crippen LogP contribution is -2.43. The van der Waals surface area contributed by atoms with E-state index >= 15 is 0 Å². The van der Waals surface area contributed by atoms with E-state index in [-0.39, 0.29) is 39.9 Å². The van der Waals surface area contributed by atoms with Crippen molar-refractivity contribution in [3.05, 3.63) is 58.3 Å². The fourth-order valence-corrected chi connectivity index (χ4v) is 5.78. The van der Waals surface area contributed by atoms with Crippen molar-refractivity contribution < 1.29 is 13.2 Å². The van der Waals surface area contributed by atoms with E-state index in [2.05, 4.69) is 10.3 Å². The molecule has 2 aromatic rings. The lowest BCUT2D eigenvalue weighted by molar-refractivity contribution is -0.126. The van der Waals surface area contributed by atoms with E-state index < -0.39 is 10.0 Å². The van der Waals surface area contributed by atoms with Gasteiger partial charge in [0.25, 0.3) is 0 Å². The number of hydrogen-bond donors (Lipinski definition) is 1. The second-order valence-electron chi connectivity index (χ2n) is 6.59. The number of carbonyl (C=O) groups is 1. The Morgan fingerprint density at radius 3 is 2.39 bits per heavy atom. The van der Waals surface area contributed by atoms with Gasteiger partial charge in [-0.3, -0.25) is 9.78 Å². The fourth-order valence-electron chi connectivity index (χ4n) is 3.22. The first-order chi connectivity index (χ1) is 13.4. The molecule has 2 heterocycles. The Balaban J connectivity index is 1.54. The van der Waals surface area contributed by atoms with Crippen LogP contribution in [-0.2, 0) is 21.2 Å². The molecular weight excluding hydrogens is 421 g/mol. The third-order valence-corrected chi connectivity index (χ3v) is 7.60. The Morgan fingerprint density at radius 1 is 1.11 bits per heavy atom. The molecule has 6 nitrogen and oxygen atoms in total. The maximum absolute atomic E-state index is 12.9. The summed E-state index contributed by atoms with van der Waals surface area (Å²) in [6.07, 6.45) is 3.29. The SMILES string of the molecule is O=C(NCCc1ccccn1)C1CCN(S(=O)(=O)c2c(Cl)cccc2Cl)CC1. The lowest BCUT2D eigenvalue weighted by atomic mass is 9.97. The molecule has 0 aliphatic carbocycles. The first-order valence-electron chi connectivity index (χ1n) is 9.01. The van der Waals surface area contributed by atoms with Gasteiger partial charge in [-0.05, 0) is 37.1 Å². The summed E-state index contributed by atoms with van der Waals surface area (Å²) in [5.74, 6) is -0.263. The van der Waals surface area contributed by atoms with Gasteiger partial charge in [0.15, 0.2) is 0 Å². The van der Waals surface area contributed by atoms with Gasteiger partial charge < -0.3 is 5.32 Å². The van der Waals surface area contributed by atoms with Crippen LogP contribution in [0.4, 0.5) is 0 Å². The minimum absolute atomic E-state index is 0.0521. The van der Waals surface area contributed by atoms with Gasteiger partial charge in [0.1, 0.15) is 4.90 Å². The average Bonchev–Trinajstić information content (AvgIpc) is 2.68. The molecule has 0 radical (unpaired) electrons. The van der Waals surface area contributed by atoms with Gasteiger partial charge in [-0.1, -0.05) is 35.3 Å². The average molecular weight is 442 g/mol. The lowest BCUT2D eigenvalue weighted by Gasteiger charge is -2.31. The Hall–Kier alpha value is -1.67. The van der Waals surface area contributed by atoms with Gasteiger partial charge in [0, 0.05) is 43.9 Å². The number of sulfonamides is 1. The van der Waals surface area contributed by atoms with Crippen LogP contribution >= 0.6 is 23.2 Å². The molecule has 1 N–H and O–H groups in total. The normalized spacial score (nSPS) is 16.1. The number of benzene rings is 1. The maximum atomic E-state index is 12.9. The molecule has 1 aliphatic heterocycles. The summed E-state index contributed by atoms with van der Waals surface area (Å²) in [5, 5.41) is 3.11. The molecule has 0 unspecified atom stereocenters. The number of pyridine rings is 1. The van der Waals surface area contributed by atoms with Crippen molar-refractivity contribution in [2.75, 3.05) is 19.6 Å². The number of carbonyl (C=O) groups excluding carboxylic acids is 1. The van der Waals surface area contributed by atoms with Gasteiger partial charge in [-0.2, -0.15) is 4.31 Å². The van der Waals surface area contributed by atoms with Crippen molar-refractivity contribution in [2.45, 2.75) is 24.2 Å². The zero-order chi connectivity index (χ0) is 20.1. The van der Waals surface area contributed by atoms with Crippen LogP contribution in [0.3, 0.4) is 0 Å². The largest absolute Gasteiger partial charge is 0.355 e. The van der Waals surface area contributed by atoms with Crippen LogP contribution < -0.4 is 5.32 Å². The number of piperidine rings is 1. The van der Waals surface area contributed by atoms with Crippen LogP contribution in [0.2, 0.25) is 10.0 Å². The second-order valence-corrected chi connectivity index (χ2v) is 9.28. The number of nitrogens with zero attached hydrogens (tertiary/aromatic N) is 2. The van der Waals surface area contributed by atoms with Crippen molar-refractivity contribution in [1.29, 1.82) is 0 Å². The molecule has 0 bridgehead atoms. The van der Waals surface area contributed by atoms with Crippen molar-refractivity contribution in [3.63, 3.8) is 0 Å². The summed E-state index contributed by atoms with van der Waals surface area (Å²) < 4.78 is 27.1. The van der Waals surface area contributed by atoms with Gasteiger partial charge in [-0.25, -0.2) is 8.42 Å². The van der Waals surface area contributed by atoms with E-state index in [1.54, 1.807) is 12.3 Å². The van der Waals surface area contributed by atoms with Gasteiger partial charge >= 0.3 is 0 Å². The zero-order valence-corrected chi connectivity index (χ0v) is 17.5. The number of halogens is 2. The molecule has 1 amide bonds. The molecule has 1 aliphatic rings. The smallest absolute Gasteiger partial charge is 0.246 e. The van der Waals surface area contributed by atoms with Crippen molar-refractivity contribution in [1.82, 2.24) is 14.6 Å². The fraction of sp³-hybridized carbons (Fsp3) is 0.368. The molecule has 1 aromatic heterocycles. The monoisotopic (exact) mass is 441 g/mol. The van der Waals surface area contributed by atoms with E-state index in [9.17, 15) is 13.2 Å². The molecule has 28 heavy (non-hydrogen) atoms. The molecule has 0 atom stereocenters. The van der Waals surface area contributed by atoms with Gasteiger partial charge in [0.05, 0.1) is 10.0 Å². The summed E-state index contributed by atoms with van der Waals surface area (Å²) in [4.78, 5) is 16.5. The highest BCUT2D eigenvalue weighted by Gasteiger charge is 2.34. The topological polar surface area (TPSA) is 79.4 Å².